The highest BCUT2D eigenvalue weighted by atomic mass is 15.2. The van der Waals surface area contributed by atoms with Gasteiger partial charge in [0.1, 0.15) is 0 Å². The summed E-state index contributed by atoms with van der Waals surface area (Å²) < 4.78 is 0. The minimum Gasteiger partial charge on any atom is -0.341 e. The Balaban J connectivity index is 1.97. The molecule has 1 saturated heterocycles. The molecule has 21 heavy (non-hydrogen) atoms. The van der Waals surface area contributed by atoms with Gasteiger partial charge >= 0.3 is 0 Å². The molecular formula is C17H30N4. The standard InChI is InChI=1S/C17H30N4/c1-13(2)10-18-11-16-12-19-17(20-15(16)4)21-8-5-6-14(3)7-9-21/h12-14,18H,5-11H2,1-4H3. The molecule has 1 aliphatic rings. The molecule has 1 atom stereocenters. The second-order valence-electron chi connectivity index (χ2n) is 6.83. The molecule has 1 aromatic heterocycles. The van der Waals surface area contributed by atoms with Crippen molar-refractivity contribution in [1.29, 1.82) is 0 Å². The van der Waals surface area contributed by atoms with E-state index in [9.17, 15) is 0 Å². The Labute approximate surface area is 129 Å². The lowest BCUT2D eigenvalue weighted by Crippen LogP contribution is -2.27. The number of hydrogen-bond acceptors (Lipinski definition) is 4. The highest BCUT2D eigenvalue weighted by Gasteiger charge is 2.16. The zero-order chi connectivity index (χ0) is 15.2. The van der Waals surface area contributed by atoms with Crippen LogP contribution in [0.1, 0.15) is 51.3 Å². The second kappa shape index (κ2) is 7.74. The van der Waals surface area contributed by atoms with Gasteiger partial charge in [-0.05, 0) is 44.6 Å². The van der Waals surface area contributed by atoms with Gasteiger partial charge in [0, 0.05) is 37.1 Å². The number of aryl methyl sites for hydroxylation is 1. The predicted molar refractivity (Wildman–Crippen MR) is 88.5 cm³/mol. The van der Waals surface area contributed by atoms with Crippen LogP contribution in [0.15, 0.2) is 6.20 Å². The van der Waals surface area contributed by atoms with Crippen molar-refractivity contribution in [2.75, 3.05) is 24.5 Å². The fraction of sp³-hybridized carbons (Fsp3) is 0.765. The molecule has 4 heteroatoms. The number of nitrogens with one attached hydrogen (secondary N) is 1. The van der Waals surface area contributed by atoms with Gasteiger partial charge in [-0.3, -0.25) is 0 Å². The van der Waals surface area contributed by atoms with Gasteiger partial charge in [-0.1, -0.05) is 20.8 Å². The minimum absolute atomic E-state index is 0.671. The number of nitrogens with zero attached hydrogens (tertiary/aromatic N) is 3. The Bertz CT molecular complexity index is 444. The quantitative estimate of drug-likeness (QED) is 0.904. The summed E-state index contributed by atoms with van der Waals surface area (Å²) in [7, 11) is 0. The van der Waals surface area contributed by atoms with Gasteiger partial charge < -0.3 is 10.2 Å². The molecular weight excluding hydrogens is 260 g/mol. The highest BCUT2D eigenvalue weighted by Crippen LogP contribution is 2.20. The first kappa shape index (κ1) is 16.2. The summed E-state index contributed by atoms with van der Waals surface area (Å²) in [4.78, 5) is 11.7. The van der Waals surface area contributed by atoms with Crippen molar-refractivity contribution in [2.45, 2.75) is 53.5 Å². The van der Waals surface area contributed by atoms with Gasteiger partial charge in [0.25, 0.3) is 0 Å². The third-order valence-corrected chi connectivity index (χ3v) is 4.24. The molecule has 1 aromatic rings. The Morgan fingerprint density at radius 2 is 2.14 bits per heavy atom. The van der Waals surface area contributed by atoms with Gasteiger partial charge in [-0.25, -0.2) is 9.97 Å². The summed E-state index contributed by atoms with van der Waals surface area (Å²) in [5.74, 6) is 2.41. The van der Waals surface area contributed by atoms with Crippen molar-refractivity contribution < 1.29 is 0 Å². The van der Waals surface area contributed by atoms with Crippen molar-refractivity contribution in [3.8, 4) is 0 Å². The van der Waals surface area contributed by atoms with E-state index in [-0.39, 0.29) is 0 Å². The van der Waals surface area contributed by atoms with Gasteiger partial charge in [0.2, 0.25) is 5.95 Å². The molecule has 0 bridgehead atoms. The highest BCUT2D eigenvalue weighted by molar-refractivity contribution is 5.33. The number of hydrogen-bond donors (Lipinski definition) is 1. The fourth-order valence-corrected chi connectivity index (χ4v) is 2.76. The average molecular weight is 290 g/mol. The maximum Gasteiger partial charge on any atom is 0.225 e. The first-order chi connectivity index (χ1) is 10.1. The van der Waals surface area contributed by atoms with Crippen LogP contribution in [0.5, 0.6) is 0 Å². The van der Waals surface area contributed by atoms with Gasteiger partial charge in [-0.2, -0.15) is 0 Å². The lowest BCUT2D eigenvalue weighted by molar-refractivity contribution is 0.520. The first-order valence-corrected chi connectivity index (χ1v) is 8.34. The minimum atomic E-state index is 0.671. The van der Waals surface area contributed by atoms with E-state index in [2.05, 4.69) is 42.9 Å². The molecule has 1 N–H and O–H groups in total. The molecule has 1 fully saturated rings. The largest absolute Gasteiger partial charge is 0.341 e. The van der Waals surface area contributed by atoms with E-state index in [1.54, 1.807) is 0 Å². The van der Waals surface area contributed by atoms with Crippen LogP contribution in [-0.4, -0.2) is 29.6 Å². The van der Waals surface area contributed by atoms with Gasteiger partial charge in [0.05, 0.1) is 0 Å². The van der Waals surface area contributed by atoms with E-state index in [1.807, 2.05) is 6.20 Å². The molecule has 0 saturated carbocycles. The number of aromatic nitrogens is 2. The zero-order valence-corrected chi connectivity index (χ0v) is 14.0. The van der Waals surface area contributed by atoms with Gasteiger partial charge in [0.15, 0.2) is 0 Å². The first-order valence-electron chi connectivity index (χ1n) is 8.34. The van der Waals surface area contributed by atoms with Crippen LogP contribution in [0.25, 0.3) is 0 Å². The molecule has 0 aliphatic carbocycles. The fourth-order valence-electron chi connectivity index (χ4n) is 2.76. The lowest BCUT2D eigenvalue weighted by Gasteiger charge is -2.21. The van der Waals surface area contributed by atoms with Crippen LogP contribution in [0, 0.1) is 18.8 Å². The van der Waals surface area contributed by atoms with Crippen molar-refractivity contribution in [3.05, 3.63) is 17.5 Å². The average Bonchev–Trinajstić information content (AvgIpc) is 2.65. The molecule has 2 rings (SSSR count). The maximum absolute atomic E-state index is 4.74. The molecule has 0 radical (unpaired) electrons. The monoisotopic (exact) mass is 290 g/mol. The van der Waals surface area contributed by atoms with E-state index in [4.69, 9.17) is 4.98 Å². The Kier molecular flexibility index (Phi) is 5.97. The molecule has 118 valence electrons. The van der Waals surface area contributed by atoms with Crippen molar-refractivity contribution >= 4 is 5.95 Å². The Morgan fingerprint density at radius 1 is 1.33 bits per heavy atom. The number of rotatable bonds is 5. The van der Waals surface area contributed by atoms with Crippen LogP contribution in [0.3, 0.4) is 0 Å². The number of anilines is 1. The third-order valence-electron chi connectivity index (χ3n) is 4.24. The van der Waals surface area contributed by atoms with Crippen molar-refractivity contribution in [3.63, 3.8) is 0 Å². The van der Waals surface area contributed by atoms with Crippen molar-refractivity contribution in [2.24, 2.45) is 11.8 Å². The molecule has 1 unspecified atom stereocenters. The van der Waals surface area contributed by atoms with E-state index >= 15 is 0 Å². The molecule has 0 aromatic carbocycles. The topological polar surface area (TPSA) is 41.1 Å². The summed E-state index contributed by atoms with van der Waals surface area (Å²) in [6.07, 6.45) is 5.83. The summed E-state index contributed by atoms with van der Waals surface area (Å²) in [5.41, 5.74) is 2.32. The maximum atomic E-state index is 4.74. The summed E-state index contributed by atoms with van der Waals surface area (Å²) in [5, 5.41) is 3.46. The lowest BCUT2D eigenvalue weighted by atomic mass is 10.0. The second-order valence-corrected chi connectivity index (χ2v) is 6.83. The summed E-state index contributed by atoms with van der Waals surface area (Å²) in [6.45, 7) is 13.0. The SMILES string of the molecule is Cc1nc(N2CCCC(C)CC2)ncc1CNCC(C)C. The van der Waals surface area contributed by atoms with Crippen molar-refractivity contribution in [1.82, 2.24) is 15.3 Å². The molecule has 0 spiro atoms. The van der Waals surface area contributed by atoms with Crippen LogP contribution >= 0.6 is 0 Å². The van der Waals surface area contributed by atoms with E-state index in [0.717, 1.165) is 43.7 Å². The summed E-state index contributed by atoms with van der Waals surface area (Å²) in [6, 6.07) is 0. The van der Waals surface area contributed by atoms with E-state index in [0.29, 0.717) is 5.92 Å². The van der Waals surface area contributed by atoms with Crippen LogP contribution in [0.4, 0.5) is 5.95 Å². The summed E-state index contributed by atoms with van der Waals surface area (Å²) >= 11 is 0. The van der Waals surface area contributed by atoms with Crippen LogP contribution in [0.2, 0.25) is 0 Å². The molecule has 1 aliphatic heterocycles. The van der Waals surface area contributed by atoms with E-state index < -0.39 is 0 Å². The smallest absolute Gasteiger partial charge is 0.225 e. The zero-order valence-electron chi connectivity index (χ0n) is 14.0. The molecule has 4 nitrogen and oxygen atoms in total. The molecule has 2 heterocycles. The van der Waals surface area contributed by atoms with Gasteiger partial charge in [-0.15, -0.1) is 0 Å². The normalized spacial score (nSPS) is 19.9. The predicted octanol–water partition coefficient (Wildman–Crippen LogP) is 3.16. The third kappa shape index (κ3) is 4.95. The van der Waals surface area contributed by atoms with Crippen LogP contribution in [-0.2, 0) is 6.54 Å². The van der Waals surface area contributed by atoms with Crippen LogP contribution < -0.4 is 10.2 Å². The molecule has 0 amide bonds. The van der Waals surface area contributed by atoms with E-state index in [1.165, 1.54) is 24.8 Å². The Morgan fingerprint density at radius 3 is 2.86 bits per heavy atom. The Hall–Kier alpha value is -1.16.